The van der Waals surface area contributed by atoms with Crippen molar-refractivity contribution in [2.24, 2.45) is 5.73 Å². The normalized spacial score (nSPS) is 27.0. The highest BCUT2D eigenvalue weighted by atomic mass is 35.5. The van der Waals surface area contributed by atoms with Crippen LogP contribution in [0.15, 0.2) is 29.2 Å². The fraction of sp³-hybridized carbons (Fsp3) is 0.200. The lowest BCUT2D eigenvalue weighted by atomic mass is 10.4. The molecule has 0 spiro atoms. The topological polar surface area (TPSA) is 81.4 Å². The van der Waals surface area contributed by atoms with Gasteiger partial charge in [-0.15, -0.1) is 0 Å². The van der Waals surface area contributed by atoms with Crippen LogP contribution >= 0.6 is 21.9 Å². The molecule has 92 valence electrons. The standard InChI is InChI=1S/C10H11ClN2O3S/c11-7-2-1-3-8(4-7)17(16-10(12)15)5-9(14)13-6-17/h1-4H,5-6H2,(H2,12,15)(H,13,14). The monoisotopic (exact) mass is 274 g/mol. The summed E-state index contributed by atoms with van der Waals surface area (Å²) < 4.78 is 5.19. The summed E-state index contributed by atoms with van der Waals surface area (Å²) >= 11 is 5.89. The maximum Gasteiger partial charge on any atom is 0.415 e. The first kappa shape index (κ1) is 12.1. The molecule has 1 fully saturated rings. The third kappa shape index (κ3) is 2.48. The van der Waals surface area contributed by atoms with Crippen molar-refractivity contribution in [2.75, 3.05) is 11.6 Å². The van der Waals surface area contributed by atoms with Crippen LogP contribution in [0, 0.1) is 0 Å². The van der Waals surface area contributed by atoms with Gasteiger partial charge in [-0.1, -0.05) is 17.7 Å². The van der Waals surface area contributed by atoms with Gasteiger partial charge in [0.05, 0.1) is 11.6 Å². The third-order valence-electron chi connectivity index (χ3n) is 2.33. The Morgan fingerprint density at radius 3 is 2.82 bits per heavy atom. The maximum atomic E-state index is 11.3. The lowest BCUT2D eigenvalue weighted by Crippen LogP contribution is -2.20. The summed E-state index contributed by atoms with van der Waals surface area (Å²) in [6.07, 6.45) is -0.878. The number of hydrogen-bond acceptors (Lipinski definition) is 3. The number of amides is 2. The van der Waals surface area contributed by atoms with Crippen LogP contribution in [0.1, 0.15) is 0 Å². The Kier molecular flexibility index (Phi) is 3.17. The van der Waals surface area contributed by atoms with Crippen molar-refractivity contribution in [2.45, 2.75) is 4.90 Å². The van der Waals surface area contributed by atoms with Gasteiger partial charge in [0.25, 0.3) is 0 Å². The average Bonchev–Trinajstić information content (AvgIpc) is 2.60. The first-order chi connectivity index (χ1) is 8.02. The molecular formula is C10H11ClN2O3S. The molecule has 2 rings (SSSR count). The molecule has 1 saturated heterocycles. The molecule has 0 aromatic heterocycles. The molecule has 5 nitrogen and oxygen atoms in total. The van der Waals surface area contributed by atoms with Gasteiger partial charge in [-0.2, -0.15) is 0 Å². The van der Waals surface area contributed by atoms with Crippen LogP contribution < -0.4 is 11.1 Å². The smallest absolute Gasteiger partial charge is 0.393 e. The van der Waals surface area contributed by atoms with E-state index in [9.17, 15) is 9.59 Å². The quantitative estimate of drug-likeness (QED) is 0.859. The van der Waals surface area contributed by atoms with E-state index in [0.29, 0.717) is 5.02 Å². The van der Waals surface area contributed by atoms with Crippen molar-refractivity contribution in [3.05, 3.63) is 29.3 Å². The van der Waals surface area contributed by atoms with E-state index in [0.717, 1.165) is 4.90 Å². The van der Waals surface area contributed by atoms with Crippen LogP contribution in [-0.4, -0.2) is 23.6 Å². The summed E-state index contributed by atoms with van der Waals surface area (Å²) in [4.78, 5) is 23.1. The van der Waals surface area contributed by atoms with Gasteiger partial charge in [-0.25, -0.2) is 4.79 Å². The number of benzene rings is 1. The molecule has 0 aliphatic carbocycles. The summed E-state index contributed by atoms with van der Waals surface area (Å²) in [7, 11) is -2.03. The van der Waals surface area contributed by atoms with E-state index in [4.69, 9.17) is 21.5 Å². The zero-order valence-corrected chi connectivity index (χ0v) is 10.4. The number of primary amides is 1. The minimum Gasteiger partial charge on any atom is -0.393 e. The molecule has 1 heterocycles. The summed E-state index contributed by atoms with van der Waals surface area (Å²) in [5, 5.41) is 3.19. The SMILES string of the molecule is NC(=O)OS1(c2cccc(Cl)c2)CNC(=O)C1. The molecule has 17 heavy (non-hydrogen) atoms. The molecule has 0 radical (unpaired) electrons. The van der Waals surface area contributed by atoms with Gasteiger partial charge in [-0.3, -0.25) is 4.79 Å². The van der Waals surface area contributed by atoms with Crippen molar-refractivity contribution in [1.29, 1.82) is 0 Å². The number of carbonyl (C=O) groups is 2. The third-order valence-corrected chi connectivity index (χ3v) is 5.50. The fourth-order valence-corrected chi connectivity index (χ4v) is 4.45. The lowest BCUT2D eigenvalue weighted by Gasteiger charge is -2.32. The second-order valence-electron chi connectivity index (χ2n) is 3.56. The Morgan fingerprint density at radius 2 is 2.29 bits per heavy atom. The Hall–Kier alpha value is -1.40. The highest BCUT2D eigenvalue weighted by molar-refractivity contribution is 8.31. The second kappa shape index (κ2) is 4.46. The van der Waals surface area contributed by atoms with E-state index in [1.165, 1.54) is 0 Å². The van der Waals surface area contributed by atoms with Crippen molar-refractivity contribution in [3.63, 3.8) is 0 Å². The summed E-state index contributed by atoms with van der Waals surface area (Å²) in [6, 6.07) is 6.94. The number of halogens is 1. The largest absolute Gasteiger partial charge is 0.415 e. The van der Waals surface area contributed by atoms with Crippen LogP contribution in [0.3, 0.4) is 0 Å². The van der Waals surface area contributed by atoms with Crippen LogP contribution in [0.5, 0.6) is 0 Å². The van der Waals surface area contributed by atoms with Gasteiger partial charge >= 0.3 is 6.09 Å². The Bertz CT molecular complexity index is 482. The number of carbonyl (C=O) groups excluding carboxylic acids is 2. The van der Waals surface area contributed by atoms with Crippen molar-refractivity contribution >= 4 is 33.9 Å². The van der Waals surface area contributed by atoms with E-state index >= 15 is 0 Å². The summed E-state index contributed by atoms with van der Waals surface area (Å²) in [6.45, 7) is 0. The maximum absolute atomic E-state index is 11.3. The van der Waals surface area contributed by atoms with Crippen LogP contribution in [0.25, 0.3) is 0 Å². The van der Waals surface area contributed by atoms with Gasteiger partial charge in [0.2, 0.25) is 5.91 Å². The Morgan fingerprint density at radius 1 is 1.53 bits per heavy atom. The average molecular weight is 275 g/mol. The van der Waals surface area contributed by atoms with Gasteiger partial charge < -0.3 is 15.2 Å². The van der Waals surface area contributed by atoms with Crippen LogP contribution in [0.4, 0.5) is 4.79 Å². The van der Waals surface area contributed by atoms with E-state index < -0.39 is 16.4 Å². The second-order valence-corrected chi connectivity index (χ2v) is 6.84. The van der Waals surface area contributed by atoms with Crippen molar-refractivity contribution in [1.82, 2.24) is 5.32 Å². The Labute approximate surface area is 105 Å². The van der Waals surface area contributed by atoms with E-state index in [1.54, 1.807) is 24.3 Å². The number of nitrogens with two attached hydrogens (primary N) is 1. The molecule has 2 amide bonds. The minimum absolute atomic E-state index is 0.135. The first-order valence-electron chi connectivity index (χ1n) is 4.82. The predicted octanol–water partition coefficient (Wildman–Crippen LogP) is 1.60. The van der Waals surface area contributed by atoms with Crippen LogP contribution in [0.2, 0.25) is 5.02 Å². The van der Waals surface area contributed by atoms with E-state index in [2.05, 4.69) is 5.32 Å². The molecule has 0 saturated carbocycles. The molecule has 1 aromatic carbocycles. The number of hydrogen-bond donors (Lipinski definition) is 2. The van der Waals surface area contributed by atoms with Gasteiger partial charge in [0.15, 0.2) is 0 Å². The number of rotatable bonds is 2. The minimum atomic E-state index is -2.03. The predicted molar refractivity (Wildman–Crippen MR) is 65.9 cm³/mol. The molecule has 1 atom stereocenters. The molecule has 1 aliphatic heterocycles. The van der Waals surface area contributed by atoms with Crippen molar-refractivity contribution < 1.29 is 13.8 Å². The summed E-state index contributed by atoms with van der Waals surface area (Å²) in [5.74, 6) is 0.270. The molecular weight excluding hydrogens is 264 g/mol. The first-order valence-corrected chi connectivity index (χ1v) is 7.09. The highest BCUT2D eigenvalue weighted by Crippen LogP contribution is 2.58. The molecule has 7 heteroatoms. The summed E-state index contributed by atoms with van der Waals surface area (Å²) in [5.41, 5.74) is 5.07. The molecule has 0 bridgehead atoms. The Balaban J connectivity index is 2.40. The number of nitrogens with one attached hydrogen (secondary N) is 1. The lowest BCUT2D eigenvalue weighted by molar-refractivity contribution is -0.117. The fourth-order valence-electron chi connectivity index (χ4n) is 1.64. The zero-order valence-electron chi connectivity index (χ0n) is 8.81. The zero-order chi connectivity index (χ0) is 12.5. The highest BCUT2D eigenvalue weighted by Gasteiger charge is 2.38. The molecule has 1 aliphatic rings. The van der Waals surface area contributed by atoms with Gasteiger partial charge in [0, 0.05) is 9.92 Å². The van der Waals surface area contributed by atoms with Crippen molar-refractivity contribution in [3.8, 4) is 0 Å². The van der Waals surface area contributed by atoms with Gasteiger partial charge in [0.1, 0.15) is 0 Å². The van der Waals surface area contributed by atoms with Crippen LogP contribution in [-0.2, 0) is 8.98 Å². The molecule has 3 N–H and O–H groups in total. The van der Waals surface area contributed by atoms with Gasteiger partial charge in [-0.05, 0) is 28.5 Å². The molecule has 1 unspecified atom stereocenters. The van der Waals surface area contributed by atoms with E-state index in [-0.39, 0.29) is 17.5 Å². The molecule has 1 aromatic rings. The van der Waals surface area contributed by atoms with E-state index in [1.807, 2.05) is 0 Å².